The molecule has 0 saturated carbocycles. The molecule has 5 heteroatoms. The standard InChI is InChI=1S/C15H21FN4/c1-4-17-14(12-6-5-7-13(16)8-12)9-15-18-10-19-20(15)11(2)3/h5-8,10-11,14,17H,4,9H2,1-3H3. The predicted octanol–water partition coefficient (Wildman–Crippen LogP) is 2.89. The second-order valence-corrected chi connectivity index (χ2v) is 5.08. The van der Waals surface area contributed by atoms with Gasteiger partial charge in [-0.1, -0.05) is 19.1 Å². The van der Waals surface area contributed by atoms with Crippen molar-refractivity contribution in [1.82, 2.24) is 20.1 Å². The van der Waals surface area contributed by atoms with Crippen LogP contribution in [-0.4, -0.2) is 21.3 Å². The number of benzene rings is 1. The third-order valence-corrected chi connectivity index (χ3v) is 3.22. The predicted molar refractivity (Wildman–Crippen MR) is 76.9 cm³/mol. The van der Waals surface area contributed by atoms with Gasteiger partial charge in [0, 0.05) is 18.5 Å². The van der Waals surface area contributed by atoms with Crippen molar-refractivity contribution in [3.63, 3.8) is 0 Å². The van der Waals surface area contributed by atoms with Crippen LogP contribution in [0.3, 0.4) is 0 Å². The zero-order valence-electron chi connectivity index (χ0n) is 12.2. The van der Waals surface area contributed by atoms with E-state index in [9.17, 15) is 4.39 Å². The summed E-state index contributed by atoms with van der Waals surface area (Å²) in [6.45, 7) is 7.00. The molecule has 0 saturated heterocycles. The van der Waals surface area contributed by atoms with Gasteiger partial charge in [0.1, 0.15) is 18.0 Å². The molecule has 1 N–H and O–H groups in total. The average molecular weight is 276 g/mol. The molecule has 2 rings (SSSR count). The van der Waals surface area contributed by atoms with E-state index in [1.165, 1.54) is 6.07 Å². The number of likely N-dealkylation sites (N-methyl/N-ethyl adjacent to an activating group) is 1. The Morgan fingerprint density at radius 2 is 2.15 bits per heavy atom. The van der Waals surface area contributed by atoms with Crippen molar-refractivity contribution in [2.45, 2.75) is 39.3 Å². The number of halogens is 1. The maximum absolute atomic E-state index is 13.4. The van der Waals surface area contributed by atoms with Crippen LogP contribution in [0.2, 0.25) is 0 Å². The molecule has 20 heavy (non-hydrogen) atoms. The lowest BCUT2D eigenvalue weighted by Crippen LogP contribution is -2.25. The molecule has 0 radical (unpaired) electrons. The van der Waals surface area contributed by atoms with E-state index in [-0.39, 0.29) is 17.9 Å². The second-order valence-electron chi connectivity index (χ2n) is 5.08. The first-order chi connectivity index (χ1) is 9.61. The lowest BCUT2D eigenvalue weighted by Gasteiger charge is -2.19. The summed E-state index contributed by atoms with van der Waals surface area (Å²) < 4.78 is 15.3. The van der Waals surface area contributed by atoms with Crippen molar-refractivity contribution in [1.29, 1.82) is 0 Å². The van der Waals surface area contributed by atoms with Crippen LogP contribution in [0, 0.1) is 5.82 Å². The third kappa shape index (κ3) is 3.42. The minimum absolute atomic E-state index is 0.0393. The largest absolute Gasteiger partial charge is 0.310 e. The molecule has 1 heterocycles. The van der Waals surface area contributed by atoms with E-state index < -0.39 is 0 Å². The van der Waals surface area contributed by atoms with E-state index in [2.05, 4.69) is 29.2 Å². The van der Waals surface area contributed by atoms with Crippen molar-refractivity contribution >= 4 is 0 Å². The van der Waals surface area contributed by atoms with E-state index in [4.69, 9.17) is 0 Å². The van der Waals surface area contributed by atoms with Crippen LogP contribution < -0.4 is 5.32 Å². The van der Waals surface area contributed by atoms with Gasteiger partial charge in [0.2, 0.25) is 0 Å². The van der Waals surface area contributed by atoms with Crippen molar-refractivity contribution in [3.8, 4) is 0 Å². The summed E-state index contributed by atoms with van der Waals surface area (Å²) in [6, 6.07) is 7.01. The molecule has 1 aromatic carbocycles. The number of hydrogen-bond donors (Lipinski definition) is 1. The van der Waals surface area contributed by atoms with Gasteiger partial charge < -0.3 is 5.32 Å². The average Bonchev–Trinajstić information content (AvgIpc) is 2.86. The quantitative estimate of drug-likeness (QED) is 0.882. The van der Waals surface area contributed by atoms with Gasteiger partial charge in [0.25, 0.3) is 0 Å². The van der Waals surface area contributed by atoms with Gasteiger partial charge in [0.15, 0.2) is 0 Å². The Morgan fingerprint density at radius 1 is 1.35 bits per heavy atom. The topological polar surface area (TPSA) is 42.7 Å². The highest BCUT2D eigenvalue weighted by Crippen LogP contribution is 2.19. The molecular formula is C15H21FN4. The molecule has 0 fully saturated rings. The minimum Gasteiger partial charge on any atom is -0.310 e. The summed E-state index contributed by atoms with van der Waals surface area (Å²) in [7, 11) is 0. The highest BCUT2D eigenvalue weighted by atomic mass is 19.1. The van der Waals surface area contributed by atoms with Crippen LogP contribution in [0.15, 0.2) is 30.6 Å². The van der Waals surface area contributed by atoms with E-state index in [1.807, 2.05) is 17.7 Å². The molecule has 4 nitrogen and oxygen atoms in total. The normalized spacial score (nSPS) is 12.8. The fourth-order valence-corrected chi connectivity index (χ4v) is 2.31. The summed E-state index contributed by atoms with van der Waals surface area (Å²) in [6.07, 6.45) is 2.26. The monoisotopic (exact) mass is 276 g/mol. The lowest BCUT2D eigenvalue weighted by atomic mass is 10.0. The Balaban J connectivity index is 2.23. The van der Waals surface area contributed by atoms with Crippen LogP contribution in [0.4, 0.5) is 4.39 Å². The van der Waals surface area contributed by atoms with E-state index >= 15 is 0 Å². The number of nitrogens with zero attached hydrogens (tertiary/aromatic N) is 3. The summed E-state index contributed by atoms with van der Waals surface area (Å²) in [4.78, 5) is 4.33. The maximum Gasteiger partial charge on any atom is 0.138 e. The number of nitrogens with one attached hydrogen (secondary N) is 1. The molecule has 2 aromatic rings. The molecule has 1 atom stereocenters. The van der Waals surface area contributed by atoms with Crippen LogP contribution in [0.25, 0.3) is 0 Å². The molecule has 0 aliphatic heterocycles. The van der Waals surface area contributed by atoms with Crippen molar-refractivity contribution in [3.05, 3.63) is 47.8 Å². The Bertz CT molecular complexity index is 550. The van der Waals surface area contributed by atoms with Gasteiger partial charge in [-0.25, -0.2) is 14.1 Å². The van der Waals surface area contributed by atoms with Crippen LogP contribution in [0.5, 0.6) is 0 Å². The zero-order valence-corrected chi connectivity index (χ0v) is 12.2. The first-order valence-corrected chi connectivity index (χ1v) is 6.99. The Hall–Kier alpha value is -1.75. The minimum atomic E-state index is -0.212. The highest BCUT2D eigenvalue weighted by molar-refractivity contribution is 5.21. The Kier molecular flexibility index (Phi) is 4.84. The van der Waals surface area contributed by atoms with Gasteiger partial charge in [-0.2, -0.15) is 5.10 Å². The van der Waals surface area contributed by atoms with E-state index in [0.29, 0.717) is 6.42 Å². The van der Waals surface area contributed by atoms with Crippen molar-refractivity contribution in [2.24, 2.45) is 0 Å². The van der Waals surface area contributed by atoms with E-state index in [1.54, 1.807) is 18.5 Å². The van der Waals surface area contributed by atoms with Gasteiger partial charge in [-0.05, 0) is 38.1 Å². The number of aromatic nitrogens is 3. The molecule has 108 valence electrons. The molecular weight excluding hydrogens is 255 g/mol. The summed E-state index contributed by atoms with van der Waals surface area (Å²) >= 11 is 0. The molecule has 0 aliphatic rings. The highest BCUT2D eigenvalue weighted by Gasteiger charge is 2.16. The van der Waals surface area contributed by atoms with Crippen molar-refractivity contribution < 1.29 is 4.39 Å². The molecule has 0 spiro atoms. The SMILES string of the molecule is CCNC(Cc1ncnn1C(C)C)c1cccc(F)c1. The molecule has 1 unspecified atom stereocenters. The molecule has 0 bridgehead atoms. The third-order valence-electron chi connectivity index (χ3n) is 3.22. The second kappa shape index (κ2) is 6.61. The Labute approximate surface area is 119 Å². The summed E-state index contributed by atoms with van der Waals surface area (Å²) in [5, 5.41) is 7.63. The zero-order chi connectivity index (χ0) is 14.5. The molecule has 1 aromatic heterocycles. The van der Waals surface area contributed by atoms with Crippen LogP contribution >= 0.6 is 0 Å². The number of rotatable bonds is 6. The van der Waals surface area contributed by atoms with Gasteiger partial charge in [-0.3, -0.25) is 0 Å². The van der Waals surface area contributed by atoms with Crippen LogP contribution in [-0.2, 0) is 6.42 Å². The maximum atomic E-state index is 13.4. The first-order valence-electron chi connectivity index (χ1n) is 6.99. The lowest BCUT2D eigenvalue weighted by molar-refractivity contribution is 0.467. The fourth-order valence-electron chi connectivity index (χ4n) is 2.31. The first kappa shape index (κ1) is 14.7. The summed E-state index contributed by atoms with van der Waals surface area (Å²) in [5.74, 6) is 0.700. The van der Waals surface area contributed by atoms with Gasteiger partial charge in [0.05, 0.1) is 0 Å². The number of hydrogen-bond acceptors (Lipinski definition) is 3. The fraction of sp³-hybridized carbons (Fsp3) is 0.467. The molecule has 0 amide bonds. The van der Waals surface area contributed by atoms with Gasteiger partial charge >= 0.3 is 0 Å². The molecule has 0 aliphatic carbocycles. The Morgan fingerprint density at radius 3 is 2.80 bits per heavy atom. The van der Waals surface area contributed by atoms with E-state index in [0.717, 1.165) is 17.9 Å². The van der Waals surface area contributed by atoms with Crippen molar-refractivity contribution in [2.75, 3.05) is 6.54 Å². The smallest absolute Gasteiger partial charge is 0.138 e. The summed E-state index contributed by atoms with van der Waals surface area (Å²) in [5.41, 5.74) is 0.935. The van der Waals surface area contributed by atoms with Gasteiger partial charge in [-0.15, -0.1) is 0 Å². The van der Waals surface area contributed by atoms with Crippen LogP contribution in [0.1, 0.15) is 44.2 Å².